The number of fused-ring (bicyclic) bond motifs is 1. The number of nitrogens with zero attached hydrogens (tertiary/aromatic N) is 2. The van der Waals surface area contributed by atoms with Gasteiger partial charge in [-0.25, -0.2) is 8.42 Å². The first-order valence-corrected chi connectivity index (χ1v) is 15.7. The van der Waals surface area contributed by atoms with Gasteiger partial charge in [-0.3, -0.25) is 14.7 Å². The molecule has 2 atom stereocenters. The second-order valence-corrected chi connectivity index (χ2v) is 13.2. The van der Waals surface area contributed by atoms with Gasteiger partial charge in [0.25, 0.3) is 5.91 Å². The minimum atomic E-state index is -4.11. The number of benzene rings is 1. The number of aliphatic hydroxyl groups is 1. The van der Waals surface area contributed by atoms with Crippen LogP contribution in [-0.2, 0) is 16.4 Å². The van der Waals surface area contributed by atoms with Crippen molar-refractivity contribution < 1.29 is 31.5 Å². The number of carbonyl (C=O) groups excluding carboxylic acids is 1. The second-order valence-electron chi connectivity index (χ2n) is 10.9. The first kappa shape index (κ1) is 30.5. The van der Waals surface area contributed by atoms with Crippen molar-refractivity contribution >= 4 is 15.7 Å². The van der Waals surface area contributed by atoms with E-state index in [1.54, 1.807) is 19.1 Å². The van der Waals surface area contributed by atoms with Gasteiger partial charge in [-0.05, 0) is 79.8 Å². The average molecular weight is 582 g/mol. The number of amides is 1. The molecule has 1 aromatic carbocycles. The third-order valence-electron chi connectivity index (χ3n) is 8.35. The highest BCUT2D eigenvalue weighted by Gasteiger charge is 2.42. The molecule has 1 fully saturated rings. The number of halogens is 3. The zero-order chi connectivity index (χ0) is 29.1. The Labute approximate surface area is 234 Å². The van der Waals surface area contributed by atoms with Gasteiger partial charge < -0.3 is 10.4 Å². The van der Waals surface area contributed by atoms with Crippen molar-refractivity contribution in [2.45, 2.75) is 82.1 Å². The van der Waals surface area contributed by atoms with Crippen molar-refractivity contribution in [1.82, 2.24) is 15.2 Å². The topological polar surface area (TPSA) is 99.6 Å². The van der Waals surface area contributed by atoms with Gasteiger partial charge in [0.15, 0.2) is 9.84 Å². The molecule has 220 valence electrons. The Morgan fingerprint density at radius 1 is 1.15 bits per heavy atom. The molecule has 1 aliphatic carbocycles. The maximum Gasteiger partial charge on any atom is 0.391 e. The molecule has 7 nitrogen and oxygen atoms in total. The molecular weight excluding hydrogens is 543 g/mol. The molecule has 0 unspecified atom stereocenters. The number of sulfone groups is 1. The first-order valence-electron chi connectivity index (χ1n) is 14.0. The summed E-state index contributed by atoms with van der Waals surface area (Å²) in [7, 11) is -3.40. The molecule has 2 aromatic rings. The molecule has 2 N–H and O–H groups in total. The zero-order valence-corrected chi connectivity index (χ0v) is 23.8. The number of alkyl halides is 3. The third-order valence-corrected chi connectivity index (χ3v) is 10.1. The Morgan fingerprint density at radius 3 is 2.45 bits per heavy atom. The Morgan fingerprint density at radius 2 is 1.88 bits per heavy atom. The van der Waals surface area contributed by atoms with Crippen LogP contribution in [0.15, 0.2) is 41.4 Å². The van der Waals surface area contributed by atoms with Crippen molar-refractivity contribution in [3.63, 3.8) is 0 Å². The van der Waals surface area contributed by atoms with Gasteiger partial charge >= 0.3 is 6.18 Å². The van der Waals surface area contributed by atoms with Crippen LogP contribution in [-0.4, -0.2) is 54.4 Å². The molecule has 0 bridgehead atoms. The van der Waals surface area contributed by atoms with Gasteiger partial charge in [-0.1, -0.05) is 19.9 Å². The average Bonchev–Trinajstić information content (AvgIpc) is 3.28. The minimum Gasteiger partial charge on any atom is -0.396 e. The fourth-order valence-electron chi connectivity index (χ4n) is 6.02. The fourth-order valence-corrected chi connectivity index (χ4v) is 6.84. The van der Waals surface area contributed by atoms with Crippen molar-refractivity contribution in [3.8, 4) is 0 Å². The highest BCUT2D eigenvalue weighted by molar-refractivity contribution is 7.91. The number of rotatable bonds is 10. The van der Waals surface area contributed by atoms with Crippen molar-refractivity contribution in [2.24, 2.45) is 11.8 Å². The minimum absolute atomic E-state index is 0.0430. The van der Waals surface area contributed by atoms with E-state index in [2.05, 4.69) is 22.1 Å². The van der Waals surface area contributed by atoms with Crippen LogP contribution in [0.2, 0.25) is 0 Å². The van der Waals surface area contributed by atoms with Crippen LogP contribution in [0.3, 0.4) is 0 Å². The van der Waals surface area contributed by atoms with Crippen molar-refractivity contribution in [1.29, 1.82) is 0 Å². The lowest BCUT2D eigenvalue weighted by atomic mass is 9.81. The maximum atomic E-state index is 13.2. The summed E-state index contributed by atoms with van der Waals surface area (Å²) in [6.07, 6.45) is -0.220. The third kappa shape index (κ3) is 6.86. The lowest BCUT2D eigenvalue weighted by Crippen LogP contribution is -2.33. The SMILES string of the molecule is CC[C@@H]1c2ccc(C(=O)N[C@@H](CCO)c3ccc(S(=O)(=O)CC)cn3)cc2CN1CC1CCC(C(F)(F)F)CC1. The Balaban J connectivity index is 1.43. The number of hydrogen-bond acceptors (Lipinski definition) is 6. The summed E-state index contributed by atoms with van der Waals surface area (Å²) in [4.78, 5) is 19.9. The molecule has 2 aliphatic rings. The molecule has 0 radical (unpaired) electrons. The summed E-state index contributed by atoms with van der Waals surface area (Å²) in [6, 6.07) is 8.18. The van der Waals surface area contributed by atoms with E-state index in [4.69, 9.17) is 0 Å². The molecule has 40 heavy (non-hydrogen) atoms. The highest BCUT2D eigenvalue weighted by atomic mass is 32.2. The zero-order valence-electron chi connectivity index (χ0n) is 23.0. The van der Waals surface area contributed by atoms with E-state index < -0.39 is 28.0 Å². The number of carbonyl (C=O) groups is 1. The Kier molecular flexibility index (Phi) is 9.57. The van der Waals surface area contributed by atoms with Crippen LogP contribution in [0, 0.1) is 11.8 Å². The standard InChI is InChI=1S/C29H38F3N3O4S/c1-3-27-24-11-7-20(15-21(24)18-35(27)17-19-5-8-22(9-6-19)29(30,31)32)28(37)34-26(13-14-36)25-12-10-23(16-33-25)40(38,39)4-2/h7,10-12,15-16,19,22,26-27,36H,3-6,8-9,13-14,17-18H2,1-2H3,(H,34,37)/t19?,22?,26-,27+/m0/s1. The summed E-state index contributed by atoms with van der Waals surface area (Å²) in [6.45, 7) is 4.84. The Hall–Kier alpha value is -2.50. The quantitative estimate of drug-likeness (QED) is 0.392. The monoisotopic (exact) mass is 581 g/mol. The summed E-state index contributed by atoms with van der Waals surface area (Å²) < 4.78 is 63.4. The summed E-state index contributed by atoms with van der Waals surface area (Å²) in [5, 5.41) is 12.5. The van der Waals surface area contributed by atoms with E-state index in [0.717, 1.165) is 24.1 Å². The second kappa shape index (κ2) is 12.6. The van der Waals surface area contributed by atoms with E-state index >= 15 is 0 Å². The van der Waals surface area contributed by atoms with Gasteiger partial charge in [0.05, 0.1) is 28.3 Å². The molecule has 1 amide bonds. The predicted octanol–water partition coefficient (Wildman–Crippen LogP) is 5.36. The number of hydrogen-bond donors (Lipinski definition) is 2. The Bertz CT molecular complexity index is 1280. The van der Waals surface area contributed by atoms with Crippen LogP contribution in [0.1, 0.15) is 91.6 Å². The van der Waals surface area contributed by atoms with Crippen molar-refractivity contribution in [2.75, 3.05) is 18.9 Å². The van der Waals surface area contributed by atoms with E-state index in [1.165, 1.54) is 12.3 Å². The van der Waals surface area contributed by atoms with Crippen LogP contribution in [0.25, 0.3) is 0 Å². The largest absolute Gasteiger partial charge is 0.396 e. The number of aromatic nitrogens is 1. The van der Waals surface area contributed by atoms with Gasteiger partial charge in [0, 0.05) is 37.5 Å². The van der Waals surface area contributed by atoms with Gasteiger partial charge in [0.2, 0.25) is 0 Å². The van der Waals surface area contributed by atoms with Crippen LogP contribution < -0.4 is 5.32 Å². The molecule has 11 heteroatoms. The lowest BCUT2D eigenvalue weighted by molar-refractivity contribution is -0.184. The van der Waals surface area contributed by atoms with Crippen LogP contribution in [0.5, 0.6) is 0 Å². The molecule has 1 aromatic heterocycles. The van der Waals surface area contributed by atoms with Crippen LogP contribution in [0.4, 0.5) is 13.2 Å². The van der Waals surface area contributed by atoms with Crippen molar-refractivity contribution in [3.05, 3.63) is 58.9 Å². The smallest absolute Gasteiger partial charge is 0.391 e. The molecule has 0 spiro atoms. The normalized spacial score (nSPS) is 22.6. The van der Waals surface area contributed by atoms with Gasteiger partial charge in [-0.2, -0.15) is 13.2 Å². The fraction of sp³-hybridized carbons (Fsp3) is 0.586. The lowest BCUT2D eigenvalue weighted by Gasteiger charge is -2.34. The van der Waals surface area contributed by atoms with Crippen LogP contribution >= 0.6 is 0 Å². The van der Waals surface area contributed by atoms with Gasteiger partial charge in [-0.15, -0.1) is 0 Å². The number of aliphatic hydroxyl groups excluding tert-OH is 1. The number of nitrogens with one attached hydrogen (secondary N) is 1. The van der Waals surface area contributed by atoms with Gasteiger partial charge in [0.1, 0.15) is 0 Å². The predicted molar refractivity (Wildman–Crippen MR) is 145 cm³/mol. The molecule has 1 saturated carbocycles. The van der Waals surface area contributed by atoms with E-state index in [0.29, 0.717) is 30.6 Å². The molecule has 4 rings (SSSR count). The molecule has 1 aliphatic heterocycles. The molecule has 0 saturated heterocycles. The van der Waals surface area contributed by atoms with E-state index in [-0.39, 0.29) is 54.4 Å². The van der Waals surface area contributed by atoms with E-state index in [9.17, 15) is 31.5 Å². The highest BCUT2D eigenvalue weighted by Crippen LogP contribution is 2.42. The first-order chi connectivity index (χ1) is 19.0. The van der Waals surface area contributed by atoms with E-state index in [1.807, 2.05) is 12.1 Å². The maximum absolute atomic E-state index is 13.2. The molecular formula is C29H38F3N3O4S. The molecule has 2 heterocycles. The summed E-state index contributed by atoms with van der Waals surface area (Å²) in [5.41, 5.74) is 3.10. The summed E-state index contributed by atoms with van der Waals surface area (Å²) >= 11 is 0. The summed E-state index contributed by atoms with van der Waals surface area (Å²) in [5.74, 6) is -1.33. The number of pyridine rings is 1.